The molecule has 0 amide bonds. The van der Waals surface area contributed by atoms with Gasteiger partial charge in [-0.05, 0) is 17.0 Å². The molecule has 10 aromatic rings. The molecular weight excluding hydrogens is 952 g/mol. The summed E-state index contributed by atoms with van der Waals surface area (Å²) in [6.07, 6.45) is 6.38. The average molecular weight is 998 g/mol. The summed E-state index contributed by atoms with van der Waals surface area (Å²) >= 11 is 2.57. The molecule has 1 spiro atoms. The molecule has 0 N–H and O–H groups in total. The van der Waals surface area contributed by atoms with Crippen LogP contribution >= 0.6 is 0 Å². The number of aromatic nitrogens is 4. The van der Waals surface area contributed by atoms with E-state index in [1.165, 1.54) is 55.5 Å². The summed E-state index contributed by atoms with van der Waals surface area (Å²) < 4.78 is 15.2. The molecule has 6 heteroatoms. The third kappa shape index (κ3) is 6.00. The number of ether oxygens (including phenoxy) is 1. The first-order valence-electron chi connectivity index (χ1n) is 22.0. The second-order valence-electron chi connectivity index (χ2n) is 18.3. The van der Waals surface area contributed by atoms with E-state index in [1.54, 1.807) is 0 Å². The van der Waals surface area contributed by atoms with E-state index < -0.39 is 0 Å². The Kier molecular flexibility index (Phi) is 8.78. The predicted octanol–water partition coefficient (Wildman–Crippen LogP) is 13.9. The molecule has 1 unspecified atom stereocenters. The molecule has 12 rings (SSSR count). The summed E-state index contributed by atoms with van der Waals surface area (Å²) in [6, 6.07) is 61.7. The fraction of sp³-hybridized carbons (Fsp3) is 0.158. The Morgan fingerprint density at radius 3 is 2.10 bits per heavy atom. The molecule has 0 bridgehead atoms. The van der Waals surface area contributed by atoms with Crippen molar-refractivity contribution in [2.24, 2.45) is 0 Å². The first kappa shape index (κ1) is 38.1. The summed E-state index contributed by atoms with van der Waals surface area (Å²) in [7, 11) is 0. The van der Waals surface area contributed by atoms with Crippen LogP contribution in [0.25, 0.3) is 61.2 Å². The fourth-order valence-corrected chi connectivity index (χ4v) is 11.9. The van der Waals surface area contributed by atoms with Crippen LogP contribution in [0.2, 0.25) is 0 Å². The Labute approximate surface area is 378 Å². The van der Waals surface area contributed by atoms with Gasteiger partial charge in [-0.1, -0.05) is 32.9 Å². The standard InChI is InChI=1S/C57H46N4O.Pt/c1-56(2,3)41-30-33-58-53(34-41)61-49-21-10-8-19-46(49)47-27-25-44(36-52(47)61)62-43-18-13-17-42(35-43)59-37-60(51-23-12-11-22-50(51)59)55-45(38-14-5-4-6-15-38)26-24-40-29-32-57(54(40)55)31-28-39-16-7-9-20-48(39)57;/h4-27,30,33-36H,28-29,31-32H2,1-3H3;. The van der Waals surface area contributed by atoms with Gasteiger partial charge in [-0.15, -0.1) is 0 Å². The van der Waals surface area contributed by atoms with Gasteiger partial charge in [0, 0.05) is 6.20 Å². The van der Waals surface area contributed by atoms with Crippen LogP contribution in [0.3, 0.4) is 0 Å². The van der Waals surface area contributed by atoms with Gasteiger partial charge < -0.3 is 0 Å². The molecule has 0 fully saturated rings. The number of rotatable bonds is 6. The normalized spacial score (nSPS) is 15.8. The zero-order valence-corrected chi connectivity index (χ0v) is 37.9. The van der Waals surface area contributed by atoms with Crippen molar-refractivity contribution in [2.45, 2.75) is 57.3 Å². The maximum absolute atomic E-state index is 6.83. The van der Waals surface area contributed by atoms with E-state index in [1.807, 2.05) is 6.20 Å². The minimum atomic E-state index is -0.0302. The second-order valence-corrected chi connectivity index (χ2v) is 19.3. The van der Waals surface area contributed by atoms with Gasteiger partial charge in [0.25, 0.3) is 0 Å². The van der Waals surface area contributed by atoms with Gasteiger partial charge in [-0.3, -0.25) is 0 Å². The SMILES string of the molecule is CC(C)(C)c1ccnc(-n2c3ccccc3c3ccc(Oc4cccc(-n5[c](=[Pt])n(-c6c(-c7ccccc7)ccc7c6C6(CCc8ccccc86)CC7)c6ccccc65)c4)cc32)c1. The molecule has 3 aromatic heterocycles. The van der Waals surface area contributed by atoms with E-state index in [0.717, 1.165) is 74.4 Å². The number of aryl methyl sites for hydroxylation is 2. The maximum atomic E-state index is 6.83. The summed E-state index contributed by atoms with van der Waals surface area (Å²) in [5, 5.41) is 2.35. The molecule has 5 nitrogen and oxygen atoms in total. The summed E-state index contributed by atoms with van der Waals surface area (Å²) in [5.74, 6) is 2.44. The Balaban J connectivity index is 1.01. The van der Waals surface area contributed by atoms with Gasteiger partial charge in [-0.2, -0.15) is 0 Å². The van der Waals surface area contributed by atoms with E-state index >= 15 is 0 Å². The van der Waals surface area contributed by atoms with E-state index in [0.29, 0.717) is 0 Å². The third-order valence-corrected chi connectivity index (χ3v) is 14.7. The number of hydrogen-bond donors (Lipinski definition) is 0. The first-order chi connectivity index (χ1) is 30.8. The van der Waals surface area contributed by atoms with Crippen molar-refractivity contribution in [1.29, 1.82) is 0 Å². The van der Waals surface area contributed by atoms with Crippen LogP contribution in [0.5, 0.6) is 11.5 Å². The number of imidazole rings is 1. The van der Waals surface area contributed by atoms with Gasteiger partial charge in [0.1, 0.15) is 0 Å². The molecule has 63 heavy (non-hydrogen) atoms. The van der Waals surface area contributed by atoms with E-state index in [4.69, 9.17) is 9.72 Å². The van der Waals surface area contributed by atoms with E-state index in [-0.39, 0.29) is 10.8 Å². The molecule has 0 saturated heterocycles. The van der Waals surface area contributed by atoms with Crippen LogP contribution in [0.4, 0.5) is 0 Å². The molecule has 2 aliphatic carbocycles. The van der Waals surface area contributed by atoms with Gasteiger partial charge in [-0.25, -0.2) is 0 Å². The Morgan fingerprint density at radius 1 is 0.571 bits per heavy atom. The molecular formula is C57H46N4OPt. The van der Waals surface area contributed by atoms with Crippen molar-refractivity contribution < 1.29 is 24.1 Å². The van der Waals surface area contributed by atoms with Gasteiger partial charge in [0.05, 0.1) is 0 Å². The Hall–Kier alpha value is -6.55. The topological polar surface area (TPSA) is 36.9 Å². The van der Waals surface area contributed by atoms with Gasteiger partial charge >= 0.3 is 324 Å². The first-order valence-corrected chi connectivity index (χ1v) is 23.2. The zero-order chi connectivity index (χ0) is 42.5. The molecule has 1 atom stereocenters. The number of pyridine rings is 1. The average Bonchev–Trinajstić information content (AvgIpc) is 4.05. The monoisotopic (exact) mass is 997 g/mol. The number of hydrogen-bond acceptors (Lipinski definition) is 2. The van der Waals surface area contributed by atoms with Crippen LogP contribution < -0.4 is 4.74 Å². The van der Waals surface area contributed by atoms with Crippen LogP contribution in [0, 0.1) is 3.80 Å². The van der Waals surface area contributed by atoms with Crippen molar-refractivity contribution in [3.05, 3.63) is 208 Å². The molecule has 310 valence electrons. The van der Waals surface area contributed by atoms with Crippen molar-refractivity contribution in [3.63, 3.8) is 0 Å². The molecule has 0 aliphatic heterocycles. The Morgan fingerprint density at radius 2 is 1.27 bits per heavy atom. The van der Waals surface area contributed by atoms with Crippen LogP contribution in [-0.2, 0) is 43.0 Å². The van der Waals surface area contributed by atoms with Gasteiger partial charge in [0.15, 0.2) is 0 Å². The van der Waals surface area contributed by atoms with E-state index in [2.05, 4.69) is 224 Å². The third-order valence-electron chi connectivity index (χ3n) is 13.7. The predicted molar refractivity (Wildman–Crippen MR) is 252 cm³/mol. The zero-order valence-electron chi connectivity index (χ0n) is 35.6. The number of benzene rings is 7. The van der Waals surface area contributed by atoms with Crippen molar-refractivity contribution >= 4 is 32.8 Å². The van der Waals surface area contributed by atoms with Crippen molar-refractivity contribution in [2.75, 3.05) is 0 Å². The molecule has 0 radical (unpaired) electrons. The number of fused-ring (bicyclic) bond motifs is 8. The molecule has 0 saturated carbocycles. The van der Waals surface area contributed by atoms with Crippen molar-refractivity contribution in [3.8, 4) is 39.8 Å². The second kappa shape index (κ2) is 14.5. The van der Waals surface area contributed by atoms with Crippen LogP contribution in [0.15, 0.2) is 176 Å². The summed E-state index contributed by atoms with van der Waals surface area (Å²) in [6.45, 7) is 6.74. The van der Waals surface area contributed by atoms with Gasteiger partial charge in [0.2, 0.25) is 0 Å². The fourth-order valence-electron chi connectivity index (χ4n) is 10.8. The number of nitrogens with zero attached hydrogens (tertiary/aromatic N) is 4. The van der Waals surface area contributed by atoms with E-state index in [9.17, 15) is 0 Å². The van der Waals surface area contributed by atoms with Crippen molar-refractivity contribution in [1.82, 2.24) is 18.7 Å². The Bertz CT molecular complexity index is 3510. The minimum absolute atomic E-state index is 0.00638. The molecule has 7 aromatic carbocycles. The molecule has 3 heterocycles. The van der Waals surface area contributed by atoms with Crippen LogP contribution in [0.1, 0.15) is 61.4 Å². The molecule has 2 aliphatic rings. The quantitative estimate of drug-likeness (QED) is 0.166. The summed E-state index contributed by atoms with van der Waals surface area (Å²) in [5.41, 5.74) is 16.5. The number of para-hydroxylation sites is 3. The summed E-state index contributed by atoms with van der Waals surface area (Å²) in [4.78, 5) is 4.90. The van der Waals surface area contributed by atoms with Crippen LogP contribution in [-0.4, -0.2) is 18.7 Å².